The highest BCUT2D eigenvalue weighted by Gasteiger charge is 2.53. The topological polar surface area (TPSA) is 76.6 Å². The van der Waals surface area contributed by atoms with E-state index in [4.69, 9.17) is 18.2 Å². The van der Waals surface area contributed by atoms with E-state index in [-0.39, 0.29) is 6.23 Å². The highest BCUT2D eigenvalue weighted by Crippen LogP contribution is 2.15. The second-order valence-electron chi connectivity index (χ2n) is 2.82. The first-order valence-corrected chi connectivity index (χ1v) is 6.87. The minimum absolute atomic E-state index is 0.327. The molecule has 0 aliphatic carbocycles. The fourth-order valence-electron chi connectivity index (χ4n) is 1.08. The number of rotatable bonds is 11. The van der Waals surface area contributed by atoms with Gasteiger partial charge in [-0.25, -0.2) is 14.7 Å². The molecule has 0 saturated heterocycles. The van der Waals surface area contributed by atoms with Gasteiger partial charge in [0.05, 0.1) is 21.3 Å². The van der Waals surface area contributed by atoms with Crippen LogP contribution < -0.4 is 5.32 Å². The molecule has 1 unspecified atom stereocenters. The predicted molar refractivity (Wildman–Crippen MR) is 58.9 cm³/mol. The van der Waals surface area contributed by atoms with E-state index in [1.165, 1.54) is 21.3 Å². The third-order valence-electron chi connectivity index (χ3n) is 1.65. The summed E-state index contributed by atoms with van der Waals surface area (Å²) in [6.45, 7) is 4.59. The van der Waals surface area contributed by atoms with Crippen LogP contribution >= 0.6 is 0 Å². The van der Waals surface area contributed by atoms with Crippen molar-refractivity contribution in [3.63, 3.8) is 0 Å². The lowest BCUT2D eigenvalue weighted by atomic mass is 10.4. The average molecular weight is 271 g/mol. The SMILES string of the molecule is CCNC(CC)O[Si](OOC)(OOC)OOC. The maximum atomic E-state index is 5.54. The lowest BCUT2D eigenvalue weighted by Gasteiger charge is -2.27. The van der Waals surface area contributed by atoms with Gasteiger partial charge in [-0.1, -0.05) is 13.8 Å². The first-order chi connectivity index (χ1) is 8.17. The zero-order valence-electron chi connectivity index (χ0n) is 10.8. The molecule has 0 bridgehead atoms. The van der Waals surface area contributed by atoms with Crippen molar-refractivity contribution in [2.45, 2.75) is 26.5 Å². The van der Waals surface area contributed by atoms with E-state index in [9.17, 15) is 0 Å². The minimum Gasteiger partial charge on any atom is -0.331 e. The van der Waals surface area contributed by atoms with Gasteiger partial charge in [-0.15, -0.1) is 0 Å². The van der Waals surface area contributed by atoms with Crippen LogP contribution in [0.5, 0.6) is 0 Å². The van der Waals surface area contributed by atoms with Crippen LogP contribution in [0.1, 0.15) is 20.3 Å². The van der Waals surface area contributed by atoms with Gasteiger partial charge in [-0.2, -0.15) is 13.7 Å². The molecule has 0 rings (SSSR count). The molecule has 0 aromatic carbocycles. The maximum Gasteiger partial charge on any atom is 0.765 e. The molecule has 0 spiro atoms. The standard InChI is InChI=1S/C8H21NO7Si/c1-6-8(9-7-2)13-17(14-10-3,15-11-4)16-12-5/h8-9H,6-7H2,1-5H3. The Bertz CT molecular complexity index is 168. The molecule has 0 aromatic rings. The molecule has 0 amide bonds. The van der Waals surface area contributed by atoms with Crippen molar-refractivity contribution >= 4 is 9.05 Å². The van der Waals surface area contributed by atoms with Gasteiger partial charge < -0.3 is 4.43 Å². The second-order valence-corrected chi connectivity index (χ2v) is 4.56. The van der Waals surface area contributed by atoms with Crippen molar-refractivity contribution in [3.8, 4) is 0 Å². The minimum atomic E-state index is -3.65. The van der Waals surface area contributed by atoms with Gasteiger partial charge in [0.2, 0.25) is 0 Å². The molecule has 1 atom stereocenters. The summed E-state index contributed by atoms with van der Waals surface area (Å²) in [6, 6.07) is 0. The van der Waals surface area contributed by atoms with E-state index in [0.29, 0.717) is 6.42 Å². The lowest BCUT2D eigenvalue weighted by Crippen LogP contribution is -2.53. The zero-order chi connectivity index (χ0) is 13.1. The van der Waals surface area contributed by atoms with Crippen LogP contribution in [0.25, 0.3) is 0 Å². The Balaban J connectivity index is 4.59. The quantitative estimate of drug-likeness (QED) is 0.252. The van der Waals surface area contributed by atoms with Crippen LogP contribution in [0.15, 0.2) is 0 Å². The van der Waals surface area contributed by atoms with Gasteiger partial charge in [-0.05, 0) is 13.0 Å². The van der Waals surface area contributed by atoms with Crippen LogP contribution in [0, 0.1) is 0 Å². The summed E-state index contributed by atoms with van der Waals surface area (Å²) in [5.41, 5.74) is 0. The van der Waals surface area contributed by atoms with Crippen LogP contribution in [0.2, 0.25) is 0 Å². The van der Waals surface area contributed by atoms with Gasteiger partial charge >= 0.3 is 9.05 Å². The number of nitrogens with one attached hydrogen (secondary N) is 1. The molecule has 0 aromatic heterocycles. The zero-order valence-corrected chi connectivity index (χ0v) is 11.8. The monoisotopic (exact) mass is 271 g/mol. The molecule has 104 valence electrons. The maximum absolute atomic E-state index is 5.54. The number of hydrogen-bond donors (Lipinski definition) is 1. The molecule has 0 saturated carbocycles. The first kappa shape index (κ1) is 16.9. The summed E-state index contributed by atoms with van der Waals surface area (Å²) in [6.07, 6.45) is 0.350. The molecule has 0 heterocycles. The summed E-state index contributed by atoms with van der Waals surface area (Å²) in [5.74, 6) is 0. The Hall–Kier alpha value is -0.103. The Morgan fingerprint density at radius 3 is 1.71 bits per heavy atom. The molecule has 0 aliphatic heterocycles. The molecular formula is C8H21NO7Si. The molecule has 0 fully saturated rings. The van der Waals surface area contributed by atoms with E-state index in [0.717, 1.165) is 6.54 Å². The molecule has 0 aliphatic rings. The van der Waals surface area contributed by atoms with Gasteiger partial charge in [0.25, 0.3) is 0 Å². The normalized spacial score (nSPS) is 13.9. The molecule has 1 N–H and O–H groups in total. The average Bonchev–Trinajstić information content (AvgIpc) is 2.29. The summed E-state index contributed by atoms with van der Waals surface area (Å²) in [4.78, 5) is 13.6. The summed E-state index contributed by atoms with van der Waals surface area (Å²) < 4.78 is 20.1. The third kappa shape index (κ3) is 6.40. The summed E-state index contributed by atoms with van der Waals surface area (Å²) in [5, 5.41) is 3.07. The van der Waals surface area contributed by atoms with Gasteiger partial charge in [0, 0.05) is 0 Å². The van der Waals surface area contributed by atoms with Crippen molar-refractivity contribution in [1.82, 2.24) is 5.32 Å². The molecule has 17 heavy (non-hydrogen) atoms. The Kier molecular flexibility index (Phi) is 9.82. The smallest absolute Gasteiger partial charge is 0.331 e. The van der Waals surface area contributed by atoms with Crippen molar-refractivity contribution < 1.29 is 32.8 Å². The second kappa shape index (κ2) is 9.88. The first-order valence-electron chi connectivity index (χ1n) is 5.24. The van der Waals surface area contributed by atoms with E-state index in [1.54, 1.807) is 0 Å². The molecule has 9 heteroatoms. The Morgan fingerprint density at radius 1 is 0.941 bits per heavy atom. The number of hydrogen-bond acceptors (Lipinski definition) is 8. The van der Waals surface area contributed by atoms with Crippen molar-refractivity contribution in [2.24, 2.45) is 0 Å². The molecule has 0 radical (unpaired) electrons. The van der Waals surface area contributed by atoms with Gasteiger partial charge in [0.15, 0.2) is 0 Å². The van der Waals surface area contributed by atoms with Crippen LogP contribution in [-0.2, 0) is 32.8 Å². The molecular weight excluding hydrogens is 250 g/mol. The van der Waals surface area contributed by atoms with Crippen molar-refractivity contribution in [1.29, 1.82) is 0 Å². The van der Waals surface area contributed by atoms with Crippen LogP contribution in [0.4, 0.5) is 0 Å². The predicted octanol–water partition coefficient (Wildman–Crippen LogP) is 0.518. The van der Waals surface area contributed by atoms with Gasteiger partial charge in [0.1, 0.15) is 6.23 Å². The molecule has 8 nitrogen and oxygen atoms in total. The Labute approximate surface area is 102 Å². The van der Waals surface area contributed by atoms with E-state index in [1.807, 2.05) is 13.8 Å². The fraction of sp³-hybridized carbons (Fsp3) is 1.00. The highest BCUT2D eigenvalue weighted by atomic mass is 28.4. The lowest BCUT2D eigenvalue weighted by molar-refractivity contribution is -0.374. The van der Waals surface area contributed by atoms with Crippen molar-refractivity contribution in [3.05, 3.63) is 0 Å². The van der Waals surface area contributed by atoms with Gasteiger partial charge in [-0.3, -0.25) is 5.32 Å². The highest BCUT2D eigenvalue weighted by molar-refractivity contribution is 6.52. The van der Waals surface area contributed by atoms with Crippen LogP contribution in [0.3, 0.4) is 0 Å². The third-order valence-corrected chi connectivity index (χ3v) is 3.33. The van der Waals surface area contributed by atoms with E-state index >= 15 is 0 Å². The van der Waals surface area contributed by atoms with Crippen molar-refractivity contribution in [2.75, 3.05) is 27.9 Å². The Morgan fingerprint density at radius 2 is 1.41 bits per heavy atom. The summed E-state index contributed by atoms with van der Waals surface area (Å²) in [7, 11) is 0.263. The fourth-order valence-corrected chi connectivity index (χ4v) is 2.49. The summed E-state index contributed by atoms with van der Waals surface area (Å²) >= 11 is 0. The largest absolute Gasteiger partial charge is 0.765 e. The van der Waals surface area contributed by atoms with Crippen LogP contribution in [-0.4, -0.2) is 43.2 Å². The van der Waals surface area contributed by atoms with E-state index < -0.39 is 9.05 Å². The van der Waals surface area contributed by atoms with E-state index in [2.05, 4.69) is 20.0 Å².